The summed E-state index contributed by atoms with van der Waals surface area (Å²) in [6.45, 7) is 4.06. The van der Waals surface area contributed by atoms with Gasteiger partial charge in [-0.2, -0.15) is 0 Å². The van der Waals surface area contributed by atoms with Crippen LogP contribution in [0.25, 0.3) is 0 Å². The molecule has 5 nitrogen and oxygen atoms in total. The molecule has 0 aliphatic heterocycles. The van der Waals surface area contributed by atoms with Gasteiger partial charge in [-0.15, -0.1) is 0 Å². The molecule has 182 valence electrons. The van der Waals surface area contributed by atoms with E-state index in [2.05, 4.69) is 61.4 Å². The van der Waals surface area contributed by atoms with Crippen LogP contribution in [0, 0.1) is 17.3 Å². The summed E-state index contributed by atoms with van der Waals surface area (Å²) in [7, 11) is 5.88. The van der Waals surface area contributed by atoms with Crippen molar-refractivity contribution in [3.63, 3.8) is 0 Å². The van der Waals surface area contributed by atoms with E-state index >= 15 is 0 Å². The minimum atomic E-state index is -0.699. The molecule has 0 spiro atoms. The number of hydrogen-bond acceptors (Lipinski definition) is 5. The summed E-state index contributed by atoms with van der Waals surface area (Å²) in [6, 6.07) is 8.99. The molecule has 0 amide bonds. The van der Waals surface area contributed by atoms with Crippen LogP contribution in [0.2, 0.25) is 0 Å². The zero-order valence-corrected chi connectivity index (χ0v) is 21.2. The van der Waals surface area contributed by atoms with Gasteiger partial charge in [0.1, 0.15) is 5.60 Å². The Bertz CT molecular complexity index is 1080. The number of anilines is 1. The molecule has 0 heterocycles. The number of ketones is 1. The van der Waals surface area contributed by atoms with Gasteiger partial charge in [-0.1, -0.05) is 29.8 Å². The number of allylic oxidation sites excluding steroid dienone is 4. The Hall–Kier alpha value is -2.40. The van der Waals surface area contributed by atoms with E-state index in [9.17, 15) is 10.0 Å². The minimum Gasteiger partial charge on any atom is -0.411 e. The van der Waals surface area contributed by atoms with E-state index in [4.69, 9.17) is 4.74 Å². The number of carbonyl (C=O) groups is 1. The molecule has 0 unspecified atom stereocenters. The lowest BCUT2D eigenvalue weighted by molar-refractivity contribution is -0.160. The van der Waals surface area contributed by atoms with Crippen LogP contribution in [-0.2, 0) is 9.53 Å². The molecule has 4 aliphatic rings. The molecule has 1 aromatic carbocycles. The lowest BCUT2D eigenvalue weighted by Crippen LogP contribution is -2.56. The number of nitrogens with zero attached hydrogens (tertiary/aromatic N) is 2. The van der Waals surface area contributed by atoms with Gasteiger partial charge in [0.15, 0.2) is 5.78 Å². The average molecular weight is 463 g/mol. The van der Waals surface area contributed by atoms with Crippen molar-refractivity contribution in [2.45, 2.75) is 70.3 Å². The van der Waals surface area contributed by atoms with Gasteiger partial charge in [0.2, 0.25) is 0 Å². The third kappa shape index (κ3) is 3.23. The van der Waals surface area contributed by atoms with Gasteiger partial charge < -0.3 is 14.8 Å². The predicted molar refractivity (Wildman–Crippen MR) is 136 cm³/mol. The first-order valence-electron chi connectivity index (χ1n) is 12.7. The summed E-state index contributed by atoms with van der Waals surface area (Å²) in [4.78, 5) is 15.2. The second kappa shape index (κ2) is 8.37. The molecule has 34 heavy (non-hydrogen) atoms. The highest BCUT2D eigenvalue weighted by atomic mass is 16.5. The Morgan fingerprint density at radius 2 is 1.88 bits per heavy atom. The van der Waals surface area contributed by atoms with Crippen molar-refractivity contribution in [3.05, 3.63) is 52.6 Å². The van der Waals surface area contributed by atoms with Gasteiger partial charge in [-0.05, 0) is 98.6 Å². The van der Waals surface area contributed by atoms with Gasteiger partial charge >= 0.3 is 0 Å². The first-order chi connectivity index (χ1) is 16.3. The highest BCUT2D eigenvalue weighted by Gasteiger charge is 2.65. The standard InChI is InChI=1S/C29H38N2O3/c1-18(32)29(34-5)15-14-26-24-12-8-20-16-21(30-33)9-13-23(20)27(24)25(17-28(26,29)2)19-6-10-22(11-7-19)31(3)4/h6-7,10-11,16,24-26,33H,8-9,12-15,17H2,1-5H3/t24-,25+,26-,28-,29-/m0/s1. The summed E-state index contributed by atoms with van der Waals surface area (Å²) < 4.78 is 6.16. The average Bonchev–Trinajstić information content (AvgIpc) is 3.16. The quantitative estimate of drug-likeness (QED) is 0.448. The molecule has 0 aromatic heterocycles. The highest BCUT2D eigenvalue weighted by molar-refractivity contribution is 5.97. The van der Waals surface area contributed by atoms with Gasteiger partial charge in [0.25, 0.3) is 0 Å². The fourth-order valence-corrected chi connectivity index (χ4v) is 8.10. The van der Waals surface area contributed by atoms with E-state index in [0.29, 0.717) is 11.8 Å². The number of Topliss-reactive ketones (excluding diaryl/α,β-unsaturated/α-hetero) is 1. The number of carbonyl (C=O) groups excluding carboxylic acids is 1. The Labute approximate surface area is 203 Å². The third-order valence-electron chi connectivity index (χ3n) is 9.73. The smallest absolute Gasteiger partial charge is 0.162 e. The normalized spacial score (nSPS) is 36.0. The topological polar surface area (TPSA) is 62.1 Å². The monoisotopic (exact) mass is 462 g/mol. The number of ether oxygens (including phenoxy) is 1. The van der Waals surface area contributed by atoms with E-state index < -0.39 is 5.60 Å². The second-order valence-electron chi connectivity index (χ2n) is 11.2. The summed E-state index contributed by atoms with van der Waals surface area (Å²) in [5.74, 6) is 1.36. The summed E-state index contributed by atoms with van der Waals surface area (Å²) in [6.07, 6.45) is 8.73. The van der Waals surface area contributed by atoms with Gasteiger partial charge in [0.05, 0.1) is 5.71 Å². The largest absolute Gasteiger partial charge is 0.411 e. The fraction of sp³-hybridized carbons (Fsp3) is 0.586. The van der Waals surface area contributed by atoms with Crippen molar-refractivity contribution in [1.82, 2.24) is 0 Å². The van der Waals surface area contributed by atoms with Gasteiger partial charge in [-0.25, -0.2) is 0 Å². The molecule has 5 heteroatoms. The molecule has 1 aromatic rings. The Morgan fingerprint density at radius 3 is 2.50 bits per heavy atom. The maximum atomic E-state index is 13.1. The molecule has 4 aliphatic carbocycles. The third-order valence-corrected chi connectivity index (χ3v) is 9.73. The van der Waals surface area contributed by atoms with Gasteiger partial charge in [0, 0.05) is 38.2 Å². The second-order valence-corrected chi connectivity index (χ2v) is 11.2. The molecule has 1 N–H and O–H groups in total. The maximum absolute atomic E-state index is 13.1. The first kappa shape index (κ1) is 23.3. The Morgan fingerprint density at radius 1 is 1.15 bits per heavy atom. The Balaban J connectivity index is 1.68. The number of rotatable bonds is 4. The number of hydrogen-bond donors (Lipinski definition) is 1. The van der Waals surface area contributed by atoms with E-state index in [1.165, 1.54) is 22.4 Å². The molecule has 2 saturated carbocycles. The van der Waals surface area contributed by atoms with Gasteiger partial charge in [-0.3, -0.25) is 4.79 Å². The lowest BCUT2D eigenvalue weighted by atomic mass is 9.50. The van der Waals surface area contributed by atoms with E-state index in [1.54, 1.807) is 19.6 Å². The van der Waals surface area contributed by atoms with Crippen molar-refractivity contribution in [3.8, 4) is 0 Å². The van der Waals surface area contributed by atoms with E-state index in [1.807, 2.05) is 0 Å². The van der Waals surface area contributed by atoms with Crippen molar-refractivity contribution < 1.29 is 14.7 Å². The van der Waals surface area contributed by atoms with Crippen molar-refractivity contribution >= 4 is 17.2 Å². The highest BCUT2D eigenvalue weighted by Crippen LogP contribution is 2.67. The van der Waals surface area contributed by atoms with Crippen LogP contribution in [0.1, 0.15) is 70.3 Å². The molecular formula is C29H38N2O3. The number of benzene rings is 1. The predicted octanol–water partition coefficient (Wildman–Crippen LogP) is 5.89. The number of methoxy groups -OCH3 is 1. The summed E-state index contributed by atoms with van der Waals surface area (Å²) in [5.41, 5.74) is 6.86. The number of oxime groups is 1. The van der Waals surface area contributed by atoms with Crippen LogP contribution in [-0.4, -0.2) is 43.5 Å². The minimum absolute atomic E-state index is 0.177. The van der Waals surface area contributed by atoms with Crippen LogP contribution >= 0.6 is 0 Å². The van der Waals surface area contributed by atoms with Crippen molar-refractivity contribution in [2.24, 2.45) is 22.4 Å². The maximum Gasteiger partial charge on any atom is 0.162 e. The molecule has 0 bridgehead atoms. The molecule has 5 rings (SSSR count). The lowest BCUT2D eigenvalue weighted by Gasteiger charge is -2.55. The molecule has 0 saturated heterocycles. The summed E-state index contributed by atoms with van der Waals surface area (Å²) >= 11 is 0. The van der Waals surface area contributed by atoms with E-state index in [0.717, 1.165) is 50.7 Å². The van der Waals surface area contributed by atoms with Crippen LogP contribution in [0.3, 0.4) is 0 Å². The zero-order valence-electron chi connectivity index (χ0n) is 21.2. The first-order valence-corrected chi connectivity index (χ1v) is 12.7. The molecule has 2 fully saturated rings. The van der Waals surface area contributed by atoms with Crippen molar-refractivity contribution in [2.75, 3.05) is 26.1 Å². The van der Waals surface area contributed by atoms with Crippen molar-refractivity contribution in [1.29, 1.82) is 0 Å². The van der Waals surface area contributed by atoms with Crippen LogP contribution in [0.15, 0.2) is 52.2 Å². The molecule has 0 radical (unpaired) electrons. The Kier molecular flexibility index (Phi) is 5.75. The SMILES string of the molecule is CO[C@]1(C(C)=O)CC[C@H]2[C@@H]3CCC4=CC(=NO)CCC4=C3[C@@H](c3ccc(N(C)C)cc3)C[C@@]21C. The fourth-order valence-electron chi connectivity index (χ4n) is 8.10. The zero-order chi connectivity index (χ0) is 24.3. The van der Waals surface area contributed by atoms with Crippen LogP contribution in [0.4, 0.5) is 5.69 Å². The molecule has 5 atom stereocenters. The summed E-state index contributed by atoms with van der Waals surface area (Å²) in [5, 5.41) is 12.9. The molecular weight excluding hydrogens is 424 g/mol. The number of fused-ring (bicyclic) bond motifs is 4. The van der Waals surface area contributed by atoms with Crippen LogP contribution < -0.4 is 4.90 Å². The van der Waals surface area contributed by atoms with Crippen LogP contribution in [0.5, 0.6) is 0 Å². The van der Waals surface area contributed by atoms with E-state index in [-0.39, 0.29) is 17.1 Å².